The van der Waals surface area contributed by atoms with Gasteiger partial charge in [0.15, 0.2) is 6.61 Å². The third-order valence-corrected chi connectivity index (χ3v) is 5.36. The molecule has 0 heterocycles. The summed E-state index contributed by atoms with van der Waals surface area (Å²) in [5, 5.41) is -4.42. The van der Waals surface area contributed by atoms with Gasteiger partial charge in [0.1, 0.15) is 12.4 Å². The molecule has 0 saturated carbocycles. The van der Waals surface area contributed by atoms with Gasteiger partial charge in [0.25, 0.3) is 0 Å². The molecule has 0 unspecified atom stereocenters. The maximum atomic E-state index is 13.8. The van der Waals surface area contributed by atoms with Crippen molar-refractivity contribution in [1.29, 1.82) is 0 Å². The summed E-state index contributed by atoms with van der Waals surface area (Å²) in [6, 6.07) is 5.89. The zero-order valence-electron chi connectivity index (χ0n) is 15.9. The van der Waals surface area contributed by atoms with Crippen LogP contribution in [0.4, 0.5) is 8.78 Å². The number of hydrogen-bond acceptors (Lipinski definition) is 9. The molecule has 0 spiro atoms. The van der Waals surface area contributed by atoms with Crippen molar-refractivity contribution >= 4 is 28.1 Å². The molecule has 0 amide bonds. The normalized spacial score (nSPS) is 11.9. The molecule has 0 bridgehead atoms. The monoisotopic (exact) mass is 456 g/mol. The molecule has 0 aromatic heterocycles. The van der Waals surface area contributed by atoms with Crippen LogP contribution in [0.2, 0.25) is 0 Å². The number of hydrogen-bond donors (Lipinski definition) is 0. The van der Waals surface area contributed by atoms with E-state index in [1.807, 2.05) is 0 Å². The fourth-order valence-electron chi connectivity index (χ4n) is 1.53. The van der Waals surface area contributed by atoms with Crippen LogP contribution < -0.4 is 4.74 Å². The van der Waals surface area contributed by atoms with Gasteiger partial charge in [-0.3, -0.25) is 0 Å². The van der Waals surface area contributed by atoms with Gasteiger partial charge in [-0.25, -0.2) is 4.79 Å². The molecule has 12 heteroatoms. The van der Waals surface area contributed by atoms with Crippen molar-refractivity contribution in [2.24, 2.45) is 0 Å². The third kappa shape index (κ3) is 9.09. The summed E-state index contributed by atoms with van der Waals surface area (Å²) in [6.45, 7) is 4.33. The van der Waals surface area contributed by atoms with E-state index in [0.717, 1.165) is 0 Å². The molecule has 1 aromatic rings. The van der Waals surface area contributed by atoms with Crippen molar-refractivity contribution < 1.29 is 44.6 Å². The molecule has 8 nitrogen and oxygen atoms in total. The van der Waals surface area contributed by atoms with E-state index >= 15 is 0 Å². The van der Waals surface area contributed by atoms with Crippen LogP contribution in [0.5, 0.6) is 5.75 Å². The van der Waals surface area contributed by atoms with E-state index in [1.54, 1.807) is 7.11 Å². The third-order valence-electron chi connectivity index (χ3n) is 3.06. The Morgan fingerprint density at radius 1 is 1.14 bits per heavy atom. The molecular weight excluding hydrogens is 434 g/mol. The summed E-state index contributed by atoms with van der Waals surface area (Å²) in [6.07, 6.45) is 0. The molecule has 0 radical (unpaired) electrons. The van der Waals surface area contributed by atoms with E-state index in [9.17, 15) is 22.0 Å². The summed E-state index contributed by atoms with van der Waals surface area (Å²) < 4.78 is 74.8. The maximum Gasteiger partial charge on any atom is 0.404 e. The maximum absolute atomic E-state index is 13.8. The van der Waals surface area contributed by atoms with Crippen molar-refractivity contribution in [2.45, 2.75) is 17.1 Å². The van der Waals surface area contributed by atoms with Gasteiger partial charge < -0.3 is 18.9 Å². The Hall–Kier alpha value is -1.73. The lowest BCUT2D eigenvalue weighted by atomic mass is 10.3. The van der Waals surface area contributed by atoms with Crippen LogP contribution in [0.25, 0.3) is 0 Å². The molecule has 0 aliphatic rings. The Bertz CT molecular complexity index is 766. The molecule has 29 heavy (non-hydrogen) atoms. The van der Waals surface area contributed by atoms with Gasteiger partial charge in [-0.05, 0) is 31.2 Å². The molecule has 0 N–H and O–H groups in total. The highest BCUT2D eigenvalue weighted by molar-refractivity contribution is 8.04. The van der Waals surface area contributed by atoms with Crippen LogP contribution in [0, 0.1) is 0 Å². The van der Waals surface area contributed by atoms with Crippen LogP contribution in [0.3, 0.4) is 0 Å². The fraction of sp³-hybridized carbons (Fsp3) is 0.471. The summed E-state index contributed by atoms with van der Waals surface area (Å²) >= 11 is 0.221. The van der Waals surface area contributed by atoms with Crippen LogP contribution in [-0.4, -0.2) is 59.8 Å². The molecule has 1 rings (SSSR count). The van der Waals surface area contributed by atoms with Crippen LogP contribution in [0.1, 0.15) is 6.92 Å². The molecule has 0 aliphatic heterocycles. The highest BCUT2D eigenvalue weighted by Crippen LogP contribution is 2.31. The van der Waals surface area contributed by atoms with Crippen LogP contribution >= 0.6 is 12.0 Å². The Balaban J connectivity index is 2.48. The van der Waals surface area contributed by atoms with Gasteiger partial charge in [0.2, 0.25) is 0 Å². The first kappa shape index (κ1) is 25.3. The predicted octanol–water partition coefficient (Wildman–Crippen LogP) is 2.79. The van der Waals surface area contributed by atoms with Gasteiger partial charge in [-0.2, -0.15) is 20.8 Å². The number of carbonyl (C=O) groups is 1. The van der Waals surface area contributed by atoms with E-state index in [1.165, 1.54) is 31.2 Å². The fourth-order valence-corrected chi connectivity index (χ4v) is 3.05. The smallest absolute Gasteiger partial charge is 0.404 e. The molecule has 0 fully saturated rings. The first-order chi connectivity index (χ1) is 13.6. The average molecular weight is 456 g/mol. The highest BCUT2D eigenvalue weighted by Gasteiger charge is 2.48. The summed E-state index contributed by atoms with van der Waals surface area (Å²) in [5.41, 5.74) is -0.141. The van der Waals surface area contributed by atoms with E-state index in [4.69, 9.17) is 14.2 Å². The lowest BCUT2D eigenvalue weighted by molar-refractivity contribution is -0.144. The molecule has 164 valence electrons. The molecule has 1 aromatic carbocycles. The average Bonchev–Trinajstić information content (AvgIpc) is 2.68. The minimum atomic E-state index is -5.35. The SMILES string of the molecule is C=C(C)C(=O)OCC(F)(F)S(=O)(=O)OSc1ccc(OCCOCCOC)cc1. The number of benzene rings is 1. The zero-order chi connectivity index (χ0) is 21.9. The number of rotatable bonds is 14. The van der Waals surface area contributed by atoms with Crippen molar-refractivity contribution in [3.05, 3.63) is 36.4 Å². The Kier molecular flexibility index (Phi) is 10.5. The number of alkyl halides is 2. The number of esters is 1. The van der Waals surface area contributed by atoms with E-state index < -0.39 is 27.9 Å². The standard InChI is InChI=1S/C17H22F2O8S2/c1-13(2)16(20)26-12-17(18,19)29(21,22)27-28-15-6-4-14(5-7-15)25-11-10-24-9-8-23-3/h4-7H,1,8-12H2,2-3H3. The van der Waals surface area contributed by atoms with Crippen LogP contribution in [-0.2, 0) is 32.8 Å². The predicted molar refractivity (Wildman–Crippen MR) is 101 cm³/mol. The summed E-state index contributed by atoms with van der Waals surface area (Å²) in [5.74, 6) is -0.656. The second-order valence-electron chi connectivity index (χ2n) is 5.52. The summed E-state index contributed by atoms with van der Waals surface area (Å²) in [7, 11) is -3.79. The number of methoxy groups -OCH3 is 1. The minimum absolute atomic E-state index is 0.141. The highest BCUT2D eigenvalue weighted by atomic mass is 32.3. The van der Waals surface area contributed by atoms with Gasteiger partial charge in [0, 0.05) is 29.6 Å². The van der Waals surface area contributed by atoms with Gasteiger partial charge in [0.05, 0.1) is 19.8 Å². The van der Waals surface area contributed by atoms with Gasteiger partial charge in [-0.1, -0.05) is 6.58 Å². The second-order valence-corrected chi connectivity index (χ2v) is 8.21. The number of halogens is 2. The largest absolute Gasteiger partial charge is 0.491 e. The Morgan fingerprint density at radius 3 is 2.34 bits per heavy atom. The van der Waals surface area contributed by atoms with E-state index in [0.29, 0.717) is 25.6 Å². The van der Waals surface area contributed by atoms with E-state index in [2.05, 4.69) is 14.9 Å². The number of carbonyl (C=O) groups excluding carboxylic acids is 1. The Morgan fingerprint density at radius 2 is 1.76 bits per heavy atom. The van der Waals surface area contributed by atoms with Crippen molar-refractivity contribution in [3.63, 3.8) is 0 Å². The quantitative estimate of drug-likeness (QED) is 0.181. The van der Waals surface area contributed by atoms with E-state index in [-0.39, 0.29) is 29.1 Å². The number of ether oxygens (including phenoxy) is 4. The van der Waals surface area contributed by atoms with Crippen molar-refractivity contribution in [1.82, 2.24) is 0 Å². The molecule has 0 aliphatic carbocycles. The zero-order valence-corrected chi connectivity index (χ0v) is 17.5. The Labute approximate surface area is 172 Å². The second kappa shape index (κ2) is 12.1. The van der Waals surface area contributed by atoms with Crippen LogP contribution in [0.15, 0.2) is 41.3 Å². The van der Waals surface area contributed by atoms with Gasteiger partial charge in [-0.15, -0.1) is 0 Å². The molecular formula is C17H22F2O8S2. The lowest BCUT2D eigenvalue weighted by Crippen LogP contribution is -2.35. The van der Waals surface area contributed by atoms with Crippen molar-refractivity contribution in [3.8, 4) is 5.75 Å². The molecule has 0 saturated heterocycles. The summed E-state index contributed by atoms with van der Waals surface area (Å²) in [4.78, 5) is 11.4. The lowest BCUT2D eigenvalue weighted by Gasteiger charge is -2.16. The topological polar surface area (TPSA) is 97.4 Å². The first-order valence-corrected chi connectivity index (χ1v) is 10.3. The molecule has 0 atom stereocenters. The minimum Gasteiger partial charge on any atom is -0.491 e. The van der Waals surface area contributed by atoms with Crippen molar-refractivity contribution in [2.75, 3.05) is 40.1 Å². The van der Waals surface area contributed by atoms with Gasteiger partial charge >= 0.3 is 21.3 Å². The first-order valence-electron chi connectivity index (χ1n) is 8.20.